The molecule has 4 aromatic heterocycles. The van der Waals surface area contributed by atoms with E-state index in [1.54, 1.807) is 43.2 Å². The number of rotatable bonds is 5. The van der Waals surface area contributed by atoms with Gasteiger partial charge in [0.15, 0.2) is 5.82 Å². The summed E-state index contributed by atoms with van der Waals surface area (Å²) in [4.78, 5) is 28.8. The first-order chi connectivity index (χ1) is 14.9. The SMILES string of the molecule is C[C@H](NC(=O)c1cc(-c2ccnc(F)c2)nc(-c2cnn(C)c2)n1)c1ccnc(F)c1. The van der Waals surface area contributed by atoms with E-state index in [9.17, 15) is 13.6 Å². The van der Waals surface area contributed by atoms with Crippen molar-refractivity contribution in [3.05, 3.63) is 78.3 Å². The number of carbonyl (C=O) groups is 1. The largest absolute Gasteiger partial charge is 0.344 e. The average Bonchev–Trinajstić information content (AvgIpc) is 3.20. The van der Waals surface area contributed by atoms with Gasteiger partial charge >= 0.3 is 0 Å². The monoisotopic (exact) mass is 421 g/mol. The van der Waals surface area contributed by atoms with Crippen molar-refractivity contribution in [2.45, 2.75) is 13.0 Å². The first-order valence-corrected chi connectivity index (χ1v) is 9.31. The third-order valence-electron chi connectivity index (χ3n) is 4.54. The van der Waals surface area contributed by atoms with Gasteiger partial charge in [-0.05, 0) is 36.8 Å². The van der Waals surface area contributed by atoms with Gasteiger partial charge in [0.25, 0.3) is 5.91 Å². The normalized spacial score (nSPS) is 11.9. The fourth-order valence-electron chi connectivity index (χ4n) is 2.98. The Morgan fingerprint density at radius 3 is 2.45 bits per heavy atom. The van der Waals surface area contributed by atoms with E-state index in [2.05, 4.69) is 30.4 Å². The van der Waals surface area contributed by atoms with Crippen molar-refractivity contribution in [2.24, 2.45) is 7.05 Å². The summed E-state index contributed by atoms with van der Waals surface area (Å²) in [6.07, 6.45) is 5.91. The number of amides is 1. The van der Waals surface area contributed by atoms with Crippen LogP contribution in [0.4, 0.5) is 8.78 Å². The molecule has 1 N–H and O–H groups in total. The highest BCUT2D eigenvalue weighted by molar-refractivity contribution is 5.94. The van der Waals surface area contributed by atoms with Gasteiger partial charge < -0.3 is 5.32 Å². The summed E-state index contributed by atoms with van der Waals surface area (Å²) in [5.74, 6) is -1.54. The first-order valence-electron chi connectivity index (χ1n) is 9.31. The summed E-state index contributed by atoms with van der Waals surface area (Å²) in [7, 11) is 1.74. The van der Waals surface area contributed by atoms with E-state index in [1.165, 1.54) is 30.6 Å². The molecule has 0 aliphatic heterocycles. The molecule has 0 saturated heterocycles. The molecule has 156 valence electrons. The zero-order valence-corrected chi connectivity index (χ0v) is 16.6. The molecule has 8 nitrogen and oxygen atoms in total. The van der Waals surface area contributed by atoms with Gasteiger partial charge in [-0.25, -0.2) is 19.9 Å². The predicted octanol–water partition coefficient (Wildman–Crippen LogP) is 3.10. The van der Waals surface area contributed by atoms with Gasteiger partial charge in [0, 0.05) is 37.3 Å². The van der Waals surface area contributed by atoms with Crippen LogP contribution in [0.25, 0.3) is 22.6 Å². The molecule has 0 fully saturated rings. The Balaban J connectivity index is 1.72. The molecule has 0 spiro atoms. The molecule has 0 saturated carbocycles. The van der Waals surface area contributed by atoms with Crippen LogP contribution in [0.15, 0.2) is 55.1 Å². The van der Waals surface area contributed by atoms with Crippen LogP contribution >= 0.6 is 0 Å². The van der Waals surface area contributed by atoms with Gasteiger partial charge in [-0.2, -0.15) is 13.9 Å². The van der Waals surface area contributed by atoms with E-state index in [4.69, 9.17) is 0 Å². The summed E-state index contributed by atoms with van der Waals surface area (Å²) in [6, 6.07) is 6.63. The van der Waals surface area contributed by atoms with E-state index in [1.807, 2.05) is 0 Å². The number of aryl methyl sites for hydroxylation is 1. The maximum absolute atomic E-state index is 13.6. The lowest BCUT2D eigenvalue weighted by Gasteiger charge is -2.14. The molecule has 0 unspecified atom stereocenters. The summed E-state index contributed by atoms with van der Waals surface area (Å²) < 4.78 is 28.6. The Morgan fingerprint density at radius 2 is 1.77 bits per heavy atom. The Morgan fingerprint density at radius 1 is 1.03 bits per heavy atom. The zero-order chi connectivity index (χ0) is 22.0. The van der Waals surface area contributed by atoms with Crippen molar-refractivity contribution in [2.75, 3.05) is 0 Å². The molecule has 0 aliphatic rings. The van der Waals surface area contributed by atoms with E-state index >= 15 is 0 Å². The third-order valence-corrected chi connectivity index (χ3v) is 4.54. The van der Waals surface area contributed by atoms with Crippen LogP contribution in [-0.4, -0.2) is 35.6 Å². The molecule has 1 amide bonds. The average molecular weight is 421 g/mol. The standard InChI is InChI=1S/C21H17F2N7O/c1-12(13-3-5-24-18(22)7-13)27-21(31)17-9-16(14-4-6-25-19(23)8-14)28-20(29-17)15-10-26-30(2)11-15/h3-12H,1-2H3,(H,27,31)/t12-/m0/s1. The summed E-state index contributed by atoms with van der Waals surface area (Å²) in [6.45, 7) is 1.72. The minimum absolute atomic E-state index is 0.0717. The Kier molecular flexibility index (Phi) is 5.44. The van der Waals surface area contributed by atoms with Crippen LogP contribution in [-0.2, 0) is 7.05 Å². The molecule has 10 heteroatoms. The molecule has 4 heterocycles. The number of hydrogen-bond donors (Lipinski definition) is 1. The van der Waals surface area contributed by atoms with Gasteiger partial charge in [0.1, 0.15) is 5.69 Å². The van der Waals surface area contributed by atoms with Crippen LogP contribution in [0.2, 0.25) is 0 Å². The lowest BCUT2D eigenvalue weighted by atomic mass is 10.1. The van der Waals surface area contributed by atoms with Gasteiger partial charge in [0.2, 0.25) is 11.9 Å². The Bertz CT molecular complexity index is 1260. The molecule has 4 aromatic rings. The summed E-state index contributed by atoms with van der Waals surface area (Å²) >= 11 is 0. The van der Waals surface area contributed by atoms with Crippen molar-refractivity contribution in [1.82, 2.24) is 35.0 Å². The quantitative estimate of drug-likeness (QED) is 0.497. The fourth-order valence-corrected chi connectivity index (χ4v) is 2.98. The lowest BCUT2D eigenvalue weighted by Crippen LogP contribution is -2.28. The third kappa shape index (κ3) is 4.58. The maximum atomic E-state index is 13.6. The van der Waals surface area contributed by atoms with Gasteiger partial charge in [-0.3, -0.25) is 9.48 Å². The predicted molar refractivity (Wildman–Crippen MR) is 107 cm³/mol. The van der Waals surface area contributed by atoms with Gasteiger partial charge in [0.05, 0.1) is 23.5 Å². The molecule has 0 aliphatic carbocycles. The van der Waals surface area contributed by atoms with Crippen molar-refractivity contribution >= 4 is 5.91 Å². The second kappa shape index (κ2) is 8.34. The van der Waals surface area contributed by atoms with Crippen LogP contribution in [0, 0.1) is 11.9 Å². The smallest absolute Gasteiger partial charge is 0.270 e. The van der Waals surface area contributed by atoms with Crippen LogP contribution in [0.1, 0.15) is 29.0 Å². The van der Waals surface area contributed by atoms with Gasteiger partial charge in [-0.15, -0.1) is 0 Å². The minimum atomic E-state index is -0.668. The molecule has 0 radical (unpaired) electrons. The van der Waals surface area contributed by atoms with Crippen molar-refractivity contribution in [3.8, 4) is 22.6 Å². The number of carbonyl (C=O) groups excluding carboxylic acids is 1. The first kappa shape index (κ1) is 20.2. The summed E-state index contributed by atoms with van der Waals surface area (Å²) in [5, 5.41) is 6.89. The molecule has 0 aromatic carbocycles. The van der Waals surface area contributed by atoms with Crippen molar-refractivity contribution < 1.29 is 13.6 Å². The molecule has 1 atom stereocenters. The Hall–Kier alpha value is -4.08. The van der Waals surface area contributed by atoms with Crippen molar-refractivity contribution in [3.63, 3.8) is 0 Å². The zero-order valence-electron chi connectivity index (χ0n) is 16.6. The molecular formula is C21H17F2N7O. The lowest BCUT2D eigenvalue weighted by molar-refractivity contribution is 0.0934. The fraction of sp³-hybridized carbons (Fsp3) is 0.143. The highest BCUT2D eigenvalue weighted by atomic mass is 19.1. The molecule has 31 heavy (non-hydrogen) atoms. The number of pyridine rings is 2. The van der Waals surface area contributed by atoms with E-state index < -0.39 is 23.8 Å². The van der Waals surface area contributed by atoms with E-state index in [0.29, 0.717) is 22.4 Å². The van der Waals surface area contributed by atoms with Crippen molar-refractivity contribution in [1.29, 1.82) is 0 Å². The highest BCUT2D eigenvalue weighted by Crippen LogP contribution is 2.23. The summed E-state index contributed by atoms with van der Waals surface area (Å²) in [5.41, 5.74) is 2.01. The van der Waals surface area contributed by atoms with Crippen LogP contribution < -0.4 is 5.32 Å². The van der Waals surface area contributed by atoms with Crippen LogP contribution in [0.5, 0.6) is 0 Å². The van der Waals surface area contributed by atoms with E-state index in [-0.39, 0.29) is 11.5 Å². The topological polar surface area (TPSA) is 98.5 Å². The number of aromatic nitrogens is 6. The number of hydrogen-bond acceptors (Lipinski definition) is 6. The second-order valence-corrected chi connectivity index (χ2v) is 6.84. The second-order valence-electron chi connectivity index (χ2n) is 6.84. The van der Waals surface area contributed by atoms with E-state index in [0.717, 1.165) is 0 Å². The Labute approximate surface area is 176 Å². The van der Waals surface area contributed by atoms with Gasteiger partial charge in [-0.1, -0.05) is 0 Å². The number of halogens is 2. The number of nitrogens with zero attached hydrogens (tertiary/aromatic N) is 6. The maximum Gasteiger partial charge on any atom is 0.270 e. The highest BCUT2D eigenvalue weighted by Gasteiger charge is 2.18. The molecular weight excluding hydrogens is 404 g/mol. The molecule has 4 rings (SSSR count). The number of nitrogens with one attached hydrogen (secondary N) is 1. The minimum Gasteiger partial charge on any atom is -0.344 e. The molecule has 0 bridgehead atoms. The van der Waals surface area contributed by atoms with Crippen LogP contribution in [0.3, 0.4) is 0 Å².